The molecule has 0 aromatic heterocycles. The van der Waals surface area contributed by atoms with Gasteiger partial charge in [-0.25, -0.2) is 0 Å². The van der Waals surface area contributed by atoms with Gasteiger partial charge < -0.3 is 0 Å². The van der Waals surface area contributed by atoms with Gasteiger partial charge in [0.25, 0.3) is 0 Å². The van der Waals surface area contributed by atoms with Crippen molar-refractivity contribution in [1.29, 1.82) is 0 Å². The molecular formula is C13H16. The first-order valence-electron chi connectivity index (χ1n) is 5.01. The molecule has 0 nitrogen and oxygen atoms in total. The Balaban J connectivity index is 2.47. The third-order valence-electron chi connectivity index (χ3n) is 3.11. The number of aryl methyl sites for hydroxylation is 1. The molecule has 1 atom stereocenters. The van der Waals surface area contributed by atoms with Crippen LogP contribution in [0.4, 0.5) is 0 Å². The van der Waals surface area contributed by atoms with E-state index in [0.29, 0.717) is 5.92 Å². The first-order chi connectivity index (χ1) is 6.22. The Hall–Kier alpha value is -1.04. The molecule has 68 valence electrons. The molecular weight excluding hydrogens is 156 g/mol. The van der Waals surface area contributed by atoms with Gasteiger partial charge in [-0.1, -0.05) is 44.2 Å². The van der Waals surface area contributed by atoms with Crippen molar-refractivity contribution in [3.63, 3.8) is 0 Å². The predicted octanol–water partition coefficient (Wildman–Crippen LogP) is 3.46. The van der Waals surface area contributed by atoms with Crippen LogP contribution in [-0.4, -0.2) is 0 Å². The van der Waals surface area contributed by atoms with E-state index in [-0.39, 0.29) is 0 Å². The lowest BCUT2D eigenvalue weighted by atomic mass is 9.99. The van der Waals surface area contributed by atoms with Gasteiger partial charge in [-0.15, -0.1) is 0 Å². The van der Waals surface area contributed by atoms with Crippen molar-refractivity contribution in [1.82, 2.24) is 0 Å². The third kappa shape index (κ3) is 1.31. The van der Waals surface area contributed by atoms with Crippen LogP contribution in [0.15, 0.2) is 30.4 Å². The summed E-state index contributed by atoms with van der Waals surface area (Å²) in [5, 5.41) is 0. The number of hydrogen-bond acceptors (Lipinski definition) is 0. The van der Waals surface area contributed by atoms with Crippen LogP contribution in [-0.2, 0) is 12.8 Å². The summed E-state index contributed by atoms with van der Waals surface area (Å²) in [5.74, 6) is 0.571. The van der Waals surface area contributed by atoms with Crippen LogP contribution in [0.1, 0.15) is 36.5 Å². The topological polar surface area (TPSA) is 0 Å². The fourth-order valence-electron chi connectivity index (χ4n) is 2.05. The maximum Gasteiger partial charge on any atom is 0.00233 e. The average molecular weight is 172 g/mol. The Labute approximate surface area is 80.3 Å². The molecule has 2 rings (SSSR count). The van der Waals surface area contributed by atoms with Crippen molar-refractivity contribution in [2.75, 3.05) is 0 Å². The van der Waals surface area contributed by atoms with Gasteiger partial charge >= 0.3 is 0 Å². The van der Waals surface area contributed by atoms with Gasteiger partial charge in [0, 0.05) is 5.92 Å². The third-order valence-corrected chi connectivity index (χ3v) is 3.11. The molecule has 1 aliphatic rings. The van der Waals surface area contributed by atoms with E-state index in [1.165, 1.54) is 22.3 Å². The highest BCUT2D eigenvalue weighted by Crippen LogP contribution is 2.36. The van der Waals surface area contributed by atoms with Gasteiger partial charge in [-0.3, -0.25) is 0 Å². The van der Waals surface area contributed by atoms with E-state index in [9.17, 15) is 0 Å². The molecule has 0 bridgehead atoms. The molecule has 1 unspecified atom stereocenters. The van der Waals surface area contributed by atoms with Crippen LogP contribution in [0.25, 0.3) is 0 Å². The fourth-order valence-corrected chi connectivity index (χ4v) is 2.05. The van der Waals surface area contributed by atoms with Crippen molar-refractivity contribution in [2.24, 2.45) is 0 Å². The minimum Gasteiger partial charge on any atom is -0.0989 e. The van der Waals surface area contributed by atoms with E-state index in [4.69, 9.17) is 0 Å². The highest BCUT2D eigenvalue weighted by atomic mass is 14.3. The van der Waals surface area contributed by atoms with Gasteiger partial charge in [0.1, 0.15) is 0 Å². The second kappa shape index (κ2) is 3.02. The minimum absolute atomic E-state index is 0.571. The van der Waals surface area contributed by atoms with Gasteiger partial charge in [0.2, 0.25) is 0 Å². The number of benzene rings is 1. The molecule has 0 amide bonds. The zero-order chi connectivity index (χ0) is 9.42. The Morgan fingerprint density at radius 2 is 2.23 bits per heavy atom. The number of rotatable bonds is 1. The summed E-state index contributed by atoms with van der Waals surface area (Å²) in [6.45, 7) is 8.57. The van der Waals surface area contributed by atoms with E-state index in [1.54, 1.807) is 0 Å². The zero-order valence-corrected chi connectivity index (χ0v) is 8.43. The molecule has 0 heteroatoms. The number of fused-ring (bicyclic) bond motifs is 1. The molecule has 1 aromatic carbocycles. The van der Waals surface area contributed by atoms with E-state index >= 15 is 0 Å². The van der Waals surface area contributed by atoms with Gasteiger partial charge in [-0.2, -0.15) is 0 Å². The second-order valence-electron chi connectivity index (χ2n) is 3.94. The largest absolute Gasteiger partial charge is 0.0989 e. The fraction of sp³-hybridized carbons (Fsp3) is 0.385. The molecule has 0 fully saturated rings. The molecule has 0 aliphatic heterocycles. The summed E-state index contributed by atoms with van der Waals surface area (Å²) in [4.78, 5) is 0. The lowest BCUT2D eigenvalue weighted by Gasteiger charge is -2.06. The Morgan fingerprint density at radius 3 is 2.92 bits per heavy atom. The molecule has 0 heterocycles. The summed E-state index contributed by atoms with van der Waals surface area (Å²) >= 11 is 0. The highest BCUT2D eigenvalue weighted by Gasteiger charge is 2.21. The summed E-state index contributed by atoms with van der Waals surface area (Å²) in [6.07, 6.45) is 2.22. The molecule has 0 spiro atoms. The SMILES string of the molecule is C=C1Cc2ccc(CC)cc2C1C. The first kappa shape index (κ1) is 8.55. The van der Waals surface area contributed by atoms with Crippen molar-refractivity contribution >= 4 is 0 Å². The minimum atomic E-state index is 0.571. The quantitative estimate of drug-likeness (QED) is 0.569. The van der Waals surface area contributed by atoms with Gasteiger partial charge in [0.15, 0.2) is 0 Å². The van der Waals surface area contributed by atoms with Crippen molar-refractivity contribution in [3.05, 3.63) is 47.0 Å². The summed E-state index contributed by atoms with van der Waals surface area (Å²) < 4.78 is 0. The smallest absolute Gasteiger partial charge is 0.00233 e. The summed E-state index contributed by atoms with van der Waals surface area (Å²) in [7, 11) is 0. The van der Waals surface area contributed by atoms with Crippen LogP contribution < -0.4 is 0 Å². The molecule has 1 aromatic rings. The molecule has 13 heavy (non-hydrogen) atoms. The molecule has 1 aliphatic carbocycles. The van der Waals surface area contributed by atoms with E-state index in [0.717, 1.165) is 12.8 Å². The second-order valence-corrected chi connectivity index (χ2v) is 3.94. The van der Waals surface area contributed by atoms with Crippen LogP contribution in [0.2, 0.25) is 0 Å². The highest BCUT2D eigenvalue weighted by molar-refractivity contribution is 5.46. The van der Waals surface area contributed by atoms with Crippen molar-refractivity contribution < 1.29 is 0 Å². The number of allylic oxidation sites excluding steroid dienone is 1. The van der Waals surface area contributed by atoms with Crippen LogP contribution in [0.3, 0.4) is 0 Å². The van der Waals surface area contributed by atoms with Gasteiger partial charge in [0.05, 0.1) is 0 Å². The Bertz CT molecular complexity index is 347. The normalized spacial score (nSPS) is 20.5. The maximum absolute atomic E-state index is 4.11. The lowest BCUT2D eigenvalue weighted by molar-refractivity contribution is 0.928. The molecule has 0 N–H and O–H groups in total. The Kier molecular flexibility index (Phi) is 1.99. The van der Waals surface area contributed by atoms with Crippen LogP contribution >= 0.6 is 0 Å². The van der Waals surface area contributed by atoms with E-state index < -0.39 is 0 Å². The molecule has 0 saturated carbocycles. The number of hydrogen-bond donors (Lipinski definition) is 0. The lowest BCUT2D eigenvalue weighted by Crippen LogP contribution is -1.90. The predicted molar refractivity (Wildman–Crippen MR) is 57.1 cm³/mol. The van der Waals surface area contributed by atoms with Crippen molar-refractivity contribution in [3.8, 4) is 0 Å². The standard InChI is InChI=1S/C13H16/c1-4-11-5-6-12-7-9(2)10(3)13(12)8-11/h5-6,8,10H,2,4,7H2,1,3H3. The molecule has 0 radical (unpaired) electrons. The first-order valence-corrected chi connectivity index (χ1v) is 5.01. The van der Waals surface area contributed by atoms with E-state index in [2.05, 4.69) is 38.6 Å². The summed E-state index contributed by atoms with van der Waals surface area (Å²) in [5.41, 5.74) is 5.79. The monoisotopic (exact) mass is 172 g/mol. The summed E-state index contributed by atoms with van der Waals surface area (Å²) in [6, 6.07) is 6.85. The maximum atomic E-state index is 4.11. The van der Waals surface area contributed by atoms with E-state index in [1.807, 2.05) is 0 Å². The average Bonchev–Trinajstić information content (AvgIpc) is 2.43. The van der Waals surface area contributed by atoms with Gasteiger partial charge in [-0.05, 0) is 29.5 Å². The molecule has 0 saturated heterocycles. The van der Waals surface area contributed by atoms with Crippen molar-refractivity contribution in [2.45, 2.75) is 32.6 Å². The van der Waals surface area contributed by atoms with Crippen LogP contribution in [0.5, 0.6) is 0 Å². The van der Waals surface area contributed by atoms with Crippen LogP contribution in [0, 0.1) is 0 Å². The zero-order valence-electron chi connectivity index (χ0n) is 8.43. The Morgan fingerprint density at radius 1 is 1.46 bits per heavy atom.